The van der Waals surface area contributed by atoms with Gasteiger partial charge in [-0.3, -0.25) is 4.79 Å². The number of anilines is 1. The van der Waals surface area contributed by atoms with Gasteiger partial charge in [0.05, 0.1) is 16.3 Å². The Bertz CT molecular complexity index is 741. The quantitative estimate of drug-likeness (QED) is 0.883. The van der Waals surface area contributed by atoms with Crippen LogP contribution in [0.3, 0.4) is 0 Å². The lowest BCUT2D eigenvalue weighted by Crippen LogP contribution is -2.17. The van der Waals surface area contributed by atoms with Gasteiger partial charge in [-0.2, -0.15) is 0 Å². The second-order valence-electron chi connectivity index (χ2n) is 4.18. The number of amides is 1. The lowest BCUT2D eigenvalue weighted by atomic mass is 10.1. The minimum absolute atomic E-state index is 0.109. The minimum Gasteiger partial charge on any atom is -0.478 e. The van der Waals surface area contributed by atoms with Crippen molar-refractivity contribution < 1.29 is 14.7 Å². The van der Waals surface area contributed by atoms with Gasteiger partial charge in [0, 0.05) is 12.1 Å². The Balaban J connectivity index is 2.36. The zero-order valence-corrected chi connectivity index (χ0v) is 12.9. The molecule has 110 valence electrons. The summed E-state index contributed by atoms with van der Waals surface area (Å²) in [5.41, 5.74) is 0.226. The summed E-state index contributed by atoms with van der Waals surface area (Å²) in [6.07, 6.45) is 0. The van der Waals surface area contributed by atoms with Crippen LogP contribution in [-0.4, -0.2) is 21.6 Å². The molecule has 0 aliphatic carbocycles. The van der Waals surface area contributed by atoms with E-state index in [2.05, 4.69) is 5.32 Å². The molecule has 2 rings (SSSR count). The molecule has 8 heteroatoms. The predicted molar refractivity (Wildman–Crippen MR) is 81.8 cm³/mol. The number of carboxylic acid groups (broad SMARTS) is 1. The maximum Gasteiger partial charge on any atom is 0.337 e. The second-order valence-corrected chi connectivity index (χ2v) is 5.38. The molecule has 21 heavy (non-hydrogen) atoms. The van der Waals surface area contributed by atoms with Crippen molar-refractivity contribution in [3.8, 4) is 0 Å². The highest BCUT2D eigenvalue weighted by molar-refractivity contribution is 6.42. The van der Waals surface area contributed by atoms with Gasteiger partial charge < -0.3 is 15.0 Å². The SMILES string of the molecule is Cn1c(C(=O)Nc2ccc(Cl)cc2C(=O)O)cc(Cl)c1Cl. The fourth-order valence-corrected chi connectivity index (χ4v) is 2.30. The van der Waals surface area contributed by atoms with Gasteiger partial charge in [-0.25, -0.2) is 4.79 Å². The molecular weight excluding hydrogens is 339 g/mol. The first-order valence-corrected chi connectivity index (χ1v) is 6.79. The number of carbonyl (C=O) groups is 2. The third-order valence-electron chi connectivity index (χ3n) is 2.81. The highest BCUT2D eigenvalue weighted by atomic mass is 35.5. The van der Waals surface area contributed by atoms with E-state index in [1.807, 2.05) is 0 Å². The minimum atomic E-state index is -1.20. The van der Waals surface area contributed by atoms with Crippen LogP contribution in [0, 0.1) is 0 Å². The molecule has 1 amide bonds. The monoisotopic (exact) mass is 346 g/mol. The van der Waals surface area contributed by atoms with E-state index in [-0.39, 0.29) is 32.1 Å². The van der Waals surface area contributed by atoms with Crippen molar-refractivity contribution in [1.82, 2.24) is 4.57 Å². The normalized spacial score (nSPS) is 10.5. The maximum absolute atomic E-state index is 12.2. The molecule has 2 N–H and O–H groups in total. The standard InChI is InChI=1S/C13H9Cl3N2O3/c1-18-10(5-8(15)11(18)16)12(19)17-9-3-2-6(14)4-7(9)13(20)21/h2-5H,1H3,(H,17,19)(H,20,21). The van der Waals surface area contributed by atoms with Gasteiger partial charge >= 0.3 is 5.97 Å². The van der Waals surface area contributed by atoms with Gasteiger partial charge in [0.25, 0.3) is 5.91 Å². The number of rotatable bonds is 3. The third kappa shape index (κ3) is 3.15. The van der Waals surface area contributed by atoms with E-state index in [0.717, 1.165) is 0 Å². The van der Waals surface area contributed by atoms with Gasteiger partial charge in [-0.15, -0.1) is 0 Å². The van der Waals surface area contributed by atoms with E-state index < -0.39 is 11.9 Å². The van der Waals surface area contributed by atoms with Crippen LogP contribution in [0.4, 0.5) is 5.69 Å². The average molecular weight is 348 g/mol. The Morgan fingerprint density at radius 3 is 2.38 bits per heavy atom. The van der Waals surface area contributed by atoms with Gasteiger partial charge in [0.15, 0.2) is 0 Å². The Labute approximate surface area is 135 Å². The van der Waals surface area contributed by atoms with E-state index in [0.29, 0.717) is 0 Å². The van der Waals surface area contributed by atoms with Crippen molar-refractivity contribution in [2.45, 2.75) is 0 Å². The maximum atomic E-state index is 12.2. The summed E-state index contributed by atoms with van der Waals surface area (Å²) >= 11 is 17.5. The number of nitrogens with one attached hydrogen (secondary N) is 1. The number of nitrogens with zero attached hydrogens (tertiary/aromatic N) is 1. The van der Waals surface area contributed by atoms with Crippen molar-refractivity contribution in [1.29, 1.82) is 0 Å². The molecule has 0 saturated heterocycles. The van der Waals surface area contributed by atoms with E-state index in [4.69, 9.17) is 39.9 Å². The Morgan fingerprint density at radius 2 is 1.86 bits per heavy atom. The number of hydrogen-bond donors (Lipinski definition) is 2. The van der Waals surface area contributed by atoms with Crippen molar-refractivity contribution in [3.63, 3.8) is 0 Å². The summed E-state index contributed by atoms with van der Waals surface area (Å²) in [4.78, 5) is 23.3. The molecule has 0 spiro atoms. The van der Waals surface area contributed by atoms with Crippen LogP contribution < -0.4 is 5.32 Å². The summed E-state index contributed by atoms with van der Waals surface area (Å²) in [7, 11) is 1.57. The average Bonchev–Trinajstić information content (AvgIpc) is 2.68. The lowest BCUT2D eigenvalue weighted by molar-refractivity contribution is 0.0698. The van der Waals surface area contributed by atoms with E-state index in [9.17, 15) is 9.59 Å². The number of halogens is 3. The van der Waals surface area contributed by atoms with Gasteiger partial charge in [-0.1, -0.05) is 34.8 Å². The van der Waals surface area contributed by atoms with Crippen molar-refractivity contribution in [3.05, 3.63) is 50.7 Å². The fourth-order valence-electron chi connectivity index (χ4n) is 1.75. The zero-order valence-electron chi connectivity index (χ0n) is 10.7. The van der Waals surface area contributed by atoms with Crippen LogP contribution in [0.1, 0.15) is 20.8 Å². The molecule has 0 bridgehead atoms. The molecule has 0 unspecified atom stereocenters. The van der Waals surface area contributed by atoms with E-state index in [1.54, 1.807) is 7.05 Å². The molecule has 0 radical (unpaired) electrons. The number of carbonyl (C=O) groups excluding carboxylic acids is 1. The summed E-state index contributed by atoms with van der Waals surface area (Å²) < 4.78 is 1.40. The first kappa shape index (κ1) is 15.7. The number of benzene rings is 1. The third-order valence-corrected chi connectivity index (χ3v) is 3.89. The number of aromatic carboxylic acids is 1. The topological polar surface area (TPSA) is 71.3 Å². The number of aromatic nitrogens is 1. The Morgan fingerprint density at radius 1 is 1.19 bits per heavy atom. The molecule has 2 aromatic rings. The van der Waals surface area contributed by atoms with Gasteiger partial charge in [0.2, 0.25) is 0 Å². The van der Waals surface area contributed by atoms with Crippen LogP contribution in [0.15, 0.2) is 24.3 Å². The van der Waals surface area contributed by atoms with Crippen LogP contribution in [-0.2, 0) is 7.05 Å². The molecule has 5 nitrogen and oxygen atoms in total. The molecule has 0 fully saturated rings. The van der Waals surface area contributed by atoms with Crippen LogP contribution >= 0.6 is 34.8 Å². The zero-order chi connectivity index (χ0) is 15.7. The van der Waals surface area contributed by atoms with Gasteiger partial charge in [0.1, 0.15) is 10.8 Å². The van der Waals surface area contributed by atoms with Crippen molar-refractivity contribution in [2.75, 3.05) is 5.32 Å². The molecule has 0 saturated carbocycles. The molecule has 0 aliphatic heterocycles. The Hall–Kier alpha value is -1.69. The van der Waals surface area contributed by atoms with Crippen molar-refractivity contribution in [2.24, 2.45) is 7.05 Å². The largest absolute Gasteiger partial charge is 0.478 e. The lowest BCUT2D eigenvalue weighted by Gasteiger charge is -2.09. The number of carboxylic acids is 1. The first-order valence-electron chi connectivity index (χ1n) is 5.66. The van der Waals surface area contributed by atoms with E-state index >= 15 is 0 Å². The number of hydrogen-bond acceptors (Lipinski definition) is 2. The predicted octanol–water partition coefficient (Wildman–Crippen LogP) is 3.94. The Kier molecular flexibility index (Phi) is 4.46. The molecule has 0 aliphatic rings. The molecular formula is C13H9Cl3N2O3. The highest BCUT2D eigenvalue weighted by Gasteiger charge is 2.18. The molecule has 0 atom stereocenters. The molecule has 1 heterocycles. The van der Waals surface area contributed by atoms with Crippen LogP contribution in [0.5, 0.6) is 0 Å². The summed E-state index contributed by atoms with van der Waals surface area (Å²) in [6, 6.07) is 5.55. The van der Waals surface area contributed by atoms with Crippen molar-refractivity contribution >= 4 is 52.4 Å². The van der Waals surface area contributed by atoms with Crippen LogP contribution in [0.2, 0.25) is 15.2 Å². The molecule has 1 aromatic carbocycles. The fraction of sp³-hybridized carbons (Fsp3) is 0.0769. The van der Waals surface area contributed by atoms with E-state index in [1.165, 1.54) is 28.8 Å². The molecule has 1 aromatic heterocycles. The van der Waals surface area contributed by atoms with Gasteiger partial charge in [-0.05, 0) is 24.3 Å². The smallest absolute Gasteiger partial charge is 0.337 e. The summed E-state index contributed by atoms with van der Waals surface area (Å²) in [5, 5.41) is 12.3. The summed E-state index contributed by atoms with van der Waals surface area (Å²) in [5.74, 6) is -1.73. The first-order chi connectivity index (χ1) is 9.81. The van der Waals surface area contributed by atoms with Crippen LogP contribution in [0.25, 0.3) is 0 Å². The summed E-state index contributed by atoms with van der Waals surface area (Å²) in [6.45, 7) is 0. The second kappa shape index (κ2) is 5.97. The highest BCUT2D eigenvalue weighted by Crippen LogP contribution is 2.26.